The second-order valence-electron chi connectivity index (χ2n) is 6.61. The molecule has 0 radical (unpaired) electrons. The van der Waals surface area contributed by atoms with Crippen molar-refractivity contribution in [1.82, 2.24) is 9.13 Å². The van der Waals surface area contributed by atoms with Crippen LogP contribution < -0.4 is 9.60 Å². The van der Waals surface area contributed by atoms with Crippen LogP contribution in [-0.2, 0) is 33.3 Å². The number of fused-ring (bicyclic) bond motifs is 2. The molecule has 0 aliphatic rings. The Morgan fingerprint density at radius 2 is 1.12 bits per heavy atom. The maximum absolute atomic E-state index is 11.8. The van der Waals surface area contributed by atoms with Crippen molar-refractivity contribution in [3.05, 3.63) is 46.0 Å². The Hall–Kier alpha value is -2.36. The lowest BCUT2D eigenvalue weighted by Gasteiger charge is -2.04. The minimum Gasteiger partial charge on any atom is -0.314 e. The molecule has 170 valence electrons. The minimum atomic E-state index is -4.43. The smallest absolute Gasteiger partial charge is 0.296 e. The first-order chi connectivity index (χ1) is 15.1. The summed E-state index contributed by atoms with van der Waals surface area (Å²) in [5, 5.41) is 8.62. The first-order valence-electron chi connectivity index (χ1n) is 9.33. The van der Waals surface area contributed by atoms with Gasteiger partial charge >= 0.3 is 0 Å². The topological polar surface area (TPSA) is 143 Å². The molecule has 2 heterocycles. The van der Waals surface area contributed by atoms with Gasteiger partial charge in [-0.3, -0.25) is 9.11 Å². The average Bonchev–Trinajstić information content (AvgIpc) is 3.27. The molecule has 0 aliphatic heterocycles. The summed E-state index contributed by atoms with van der Waals surface area (Å²) in [7, 11) is -8.86. The van der Waals surface area contributed by atoms with Gasteiger partial charge in [0.05, 0.1) is 20.4 Å². The first kappa shape index (κ1) is 22.8. The summed E-state index contributed by atoms with van der Waals surface area (Å²) < 4.78 is 71.0. The number of nitrogens with zero attached hydrogens (tertiary/aromatic N) is 4. The van der Waals surface area contributed by atoms with Gasteiger partial charge in [-0.15, -0.1) is 10.2 Å². The first-order valence-corrected chi connectivity index (χ1v) is 13.8. The predicted octanol–water partition coefficient (Wildman–Crippen LogP) is 2.67. The van der Waals surface area contributed by atoms with E-state index < -0.39 is 20.2 Å². The Labute approximate surface area is 190 Å². The predicted molar refractivity (Wildman–Crippen MR) is 122 cm³/mol. The van der Waals surface area contributed by atoms with E-state index in [0.717, 1.165) is 0 Å². The number of rotatable bonds is 5. The maximum atomic E-state index is 11.8. The number of aromatic nitrogens is 2. The normalized spacial score (nSPS) is 14.1. The van der Waals surface area contributed by atoms with Gasteiger partial charge in [0.1, 0.15) is 9.79 Å². The van der Waals surface area contributed by atoms with E-state index in [0.29, 0.717) is 43.1 Å². The number of benzene rings is 2. The highest BCUT2D eigenvalue weighted by Gasteiger charge is 2.20. The lowest BCUT2D eigenvalue weighted by molar-refractivity contribution is 0.481. The largest absolute Gasteiger partial charge is 0.314 e. The van der Waals surface area contributed by atoms with Gasteiger partial charge in [0.15, 0.2) is 0 Å². The third kappa shape index (κ3) is 3.93. The molecule has 32 heavy (non-hydrogen) atoms. The summed E-state index contributed by atoms with van der Waals surface area (Å²) in [6.45, 7) is 4.40. The van der Waals surface area contributed by atoms with E-state index >= 15 is 0 Å². The van der Waals surface area contributed by atoms with Crippen molar-refractivity contribution in [2.75, 3.05) is 0 Å². The molecule has 0 aliphatic carbocycles. The van der Waals surface area contributed by atoms with Crippen LogP contribution in [0.4, 0.5) is 0 Å². The van der Waals surface area contributed by atoms with E-state index in [1.165, 1.54) is 46.9 Å². The summed E-state index contributed by atoms with van der Waals surface area (Å²) in [6.07, 6.45) is 0. The molecule has 10 nitrogen and oxygen atoms in total. The van der Waals surface area contributed by atoms with Gasteiger partial charge in [0.25, 0.3) is 20.2 Å². The molecule has 2 aromatic heterocycles. The molecule has 0 atom stereocenters. The van der Waals surface area contributed by atoms with E-state index in [2.05, 4.69) is 10.2 Å². The van der Waals surface area contributed by atoms with E-state index in [9.17, 15) is 25.9 Å². The van der Waals surface area contributed by atoms with Crippen molar-refractivity contribution in [3.8, 4) is 0 Å². The van der Waals surface area contributed by atoms with E-state index in [-0.39, 0.29) is 9.79 Å². The Balaban J connectivity index is 2.04. The van der Waals surface area contributed by atoms with Crippen molar-refractivity contribution in [1.29, 1.82) is 0 Å². The SMILES string of the molecule is CCn1c(=NN=c2sc3cccc(S(=O)(=O)O)c3n2CC)sc2cccc(S(=O)(=O)O)c21. The van der Waals surface area contributed by atoms with Crippen molar-refractivity contribution in [3.63, 3.8) is 0 Å². The average molecular weight is 515 g/mol. The lowest BCUT2D eigenvalue weighted by atomic mass is 10.3. The van der Waals surface area contributed by atoms with Crippen LogP contribution in [0.15, 0.2) is 56.4 Å². The fraction of sp³-hybridized carbons (Fsp3) is 0.222. The summed E-state index contributed by atoms with van der Waals surface area (Å²) >= 11 is 2.42. The highest BCUT2D eigenvalue weighted by molar-refractivity contribution is 7.86. The molecule has 0 unspecified atom stereocenters. The van der Waals surface area contributed by atoms with E-state index in [4.69, 9.17) is 0 Å². The molecule has 0 fully saturated rings. The zero-order chi connectivity index (χ0) is 23.3. The Kier molecular flexibility index (Phi) is 5.85. The van der Waals surface area contributed by atoms with Gasteiger partial charge in [-0.25, -0.2) is 0 Å². The van der Waals surface area contributed by atoms with Crippen LogP contribution in [0, 0.1) is 0 Å². The van der Waals surface area contributed by atoms with Gasteiger partial charge in [-0.2, -0.15) is 16.8 Å². The second-order valence-corrected chi connectivity index (χ2v) is 11.4. The number of para-hydroxylation sites is 2. The quantitative estimate of drug-likeness (QED) is 0.310. The Bertz CT molecular complexity index is 1580. The fourth-order valence-electron chi connectivity index (χ4n) is 3.44. The van der Waals surface area contributed by atoms with Crippen LogP contribution in [0.25, 0.3) is 20.4 Å². The van der Waals surface area contributed by atoms with Gasteiger partial charge in [-0.05, 0) is 38.1 Å². The Morgan fingerprint density at radius 1 is 0.750 bits per heavy atom. The van der Waals surface area contributed by atoms with Crippen LogP contribution in [0.2, 0.25) is 0 Å². The molecule has 0 saturated carbocycles. The van der Waals surface area contributed by atoms with Crippen LogP contribution in [0.3, 0.4) is 0 Å². The summed E-state index contributed by atoms with van der Waals surface area (Å²) in [5.41, 5.74) is 0.676. The highest BCUT2D eigenvalue weighted by Crippen LogP contribution is 2.26. The van der Waals surface area contributed by atoms with Crippen LogP contribution >= 0.6 is 22.7 Å². The summed E-state index contributed by atoms with van der Waals surface area (Å²) in [4.78, 5) is 0.401. The zero-order valence-electron chi connectivity index (χ0n) is 16.8. The van der Waals surface area contributed by atoms with Gasteiger partial charge < -0.3 is 9.13 Å². The van der Waals surface area contributed by atoms with Crippen molar-refractivity contribution in [2.45, 2.75) is 36.7 Å². The standard InChI is InChI=1S/C18H18N4O6S4/c1-3-21-15-11(7-5-9-13(15)31(23,24)25)29-17(21)19-20-18-22(4-2)16-12(30-18)8-6-10-14(16)32(26,27)28/h5-10H,3-4H2,1-2H3,(H,23,24,25)(H,26,27,28). The van der Waals surface area contributed by atoms with E-state index in [1.54, 1.807) is 21.3 Å². The van der Waals surface area contributed by atoms with Gasteiger partial charge in [0, 0.05) is 13.1 Å². The Morgan fingerprint density at radius 3 is 1.44 bits per heavy atom. The molecule has 2 aromatic carbocycles. The van der Waals surface area contributed by atoms with Crippen molar-refractivity contribution < 1.29 is 25.9 Å². The minimum absolute atomic E-state index is 0.210. The number of hydrogen-bond acceptors (Lipinski definition) is 8. The number of aryl methyl sites for hydroxylation is 2. The van der Waals surface area contributed by atoms with Crippen molar-refractivity contribution in [2.24, 2.45) is 10.2 Å². The third-order valence-corrected chi connectivity index (χ3v) is 8.58. The van der Waals surface area contributed by atoms with Crippen LogP contribution in [-0.4, -0.2) is 35.1 Å². The summed E-state index contributed by atoms with van der Waals surface area (Å²) in [5.74, 6) is 0. The molecule has 4 rings (SSSR count). The molecule has 0 bridgehead atoms. The third-order valence-electron chi connectivity index (χ3n) is 4.74. The highest BCUT2D eigenvalue weighted by atomic mass is 32.2. The number of hydrogen-bond donors (Lipinski definition) is 2. The maximum Gasteiger partial charge on any atom is 0.296 e. The molecular formula is C18H18N4O6S4. The molecule has 0 saturated heterocycles. The lowest BCUT2D eigenvalue weighted by Crippen LogP contribution is -2.17. The zero-order valence-corrected chi connectivity index (χ0v) is 20.1. The van der Waals surface area contributed by atoms with Crippen LogP contribution in [0.1, 0.15) is 13.8 Å². The summed E-state index contributed by atoms with van der Waals surface area (Å²) in [6, 6.07) is 9.18. The van der Waals surface area contributed by atoms with Crippen LogP contribution in [0.5, 0.6) is 0 Å². The number of thiazole rings is 2. The molecular weight excluding hydrogens is 496 g/mol. The molecule has 2 N–H and O–H groups in total. The van der Waals surface area contributed by atoms with Crippen molar-refractivity contribution >= 4 is 63.3 Å². The monoisotopic (exact) mass is 514 g/mol. The molecule has 0 amide bonds. The molecule has 14 heteroatoms. The van der Waals surface area contributed by atoms with Gasteiger partial charge in [-0.1, -0.05) is 34.8 Å². The molecule has 4 aromatic rings. The fourth-order valence-corrected chi connectivity index (χ4v) is 7.14. The second kappa shape index (κ2) is 8.20. The van der Waals surface area contributed by atoms with E-state index in [1.807, 2.05) is 13.8 Å². The molecule has 0 spiro atoms. The van der Waals surface area contributed by atoms with Gasteiger partial charge in [0.2, 0.25) is 9.60 Å².